The second-order valence-electron chi connectivity index (χ2n) is 5.42. The Morgan fingerprint density at radius 2 is 1.93 bits per heavy atom. The average Bonchev–Trinajstić information content (AvgIpc) is 3.11. The lowest BCUT2D eigenvalue weighted by Crippen LogP contribution is -2.30. The maximum absolute atomic E-state index is 12.3. The minimum atomic E-state index is -1.03. The molecule has 0 aliphatic carbocycles. The van der Waals surface area contributed by atoms with Gasteiger partial charge < -0.3 is 4.74 Å². The molecule has 3 aromatic rings. The molecule has 9 heteroatoms. The van der Waals surface area contributed by atoms with Gasteiger partial charge in [-0.3, -0.25) is 10.1 Å². The smallest absolute Gasteiger partial charge is 0.342 e. The van der Waals surface area contributed by atoms with Crippen molar-refractivity contribution in [1.82, 2.24) is 9.97 Å². The van der Waals surface area contributed by atoms with Gasteiger partial charge in [0, 0.05) is 22.2 Å². The highest BCUT2D eigenvalue weighted by Crippen LogP contribution is 2.26. The van der Waals surface area contributed by atoms with Crippen molar-refractivity contribution in [3.63, 3.8) is 0 Å². The summed E-state index contributed by atoms with van der Waals surface area (Å²) in [6, 6.07) is 10.2. The van der Waals surface area contributed by atoms with Crippen LogP contribution in [0.4, 0.5) is 5.13 Å². The number of nitrogens with one attached hydrogen (secondary N) is 1. The van der Waals surface area contributed by atoms with Crippen LogP contribution in [-0.2, 0) is 9.53 Å². The van der Waals surface area contributed by atoms with Gasteiger partial charge in [-0.2, -0.15) is 0 Å². The summed E-state index contributed by atoms with van der Waals surface area (Å²) in [5.74, 6) is -1.22. The summed E-state index contributed by atoms with van der Waals surface area (Å²) in [6.07, 6.45) is 0.423. The van der Waals surface area contributed by atoms with Gasteiger partial charge in [0.1, 0.15) is 5.15 Å². The van der Waals surface area contributed by atoms with Crippen LogP contribution in [0, 0.1) is 0 Å². The fourth-order valence-electron chi connectivity index (χ4n) is 2.11. The Labute approximate surface area is 169 Å². The number of amides is 1. The van der Waals surface area contributed by atoms with Crippen LogP contribution in [0.15, 0.2) is 48.0 Å². The van der Waals surface area contributed by atoms with Gasteiger partial charge in [-0.25, -0.2) is 14.8 Å². The van der Waals surface area contributed by atoms with E-state index in [-0.39, 0.29) is 10.7 Å². The zero-order valence-corrected chi connectivity index (χ0v) is 16.3. The van der Waals surface area contributed by atoms with Crippen molar-refractivity contribution in [2.24, 2.45) is 0 Å². The highest BCUT2D eigenvalue weighted by atomic mass is 35.5. The average molecular weight is 422 g/mol. The number of carbonyl (C=O) groups is 2. The van der Waals surface area contributed by atoms with Crippen LogP contribution < -0.4 is 5.32 Å². The molecule has 0 aliphatic rings. The van der Waals surface area contributed by atoms with E-state index in [1.54, 1.807) is 18.2 Å². The summed E-state index contributed by atoms with van der Waals surface area (Å²) in [5.41, 5.74) is 1.68. The first-order valence-electron chi connectivity index (χ1n) is 7.78. The normalized spacial score (nSPS) is 11.7. The second-order valence-corrected chi connectivity index (χ2v) is 7.08. The summed E-state index contributed by atoms with van der Waals surface area (Å²) in [4.78, 5) is 32.5. The number of benzene rings is 1. The van der Waals surface area contributed by atoms with Crippen molar-refractivity contribution in [2.75, 3.05) is 5.32 Å². The summed E-state index contributed by atoms with van der Waals surface area (Å²) in [5, 5.41) is 5.48. The van der Waals surface area contributed by atoms with Crippen molar-refractivity contribution in [1.29, 1.82) is 0 Å². The molecule has 0 fully saturated rings. The molecule has 1 N–H and O–H groups in total. The highest BCUT2D eigenvalue weighted by Gasteiger charge is 2.21. The summed E-state index contributed by atoms with van der Waals surface area (Å²) < 4.78 is 5.14. The van der Waals surface area contributed by atoms with Crippen LogP contribution in [0.2, 0.25) is 10.2 Å². The minimum absolute atomic E-state index is 0.0163. The van der Waals surface area contributed by atoms with E-state index in [1.807, 2.05) is 17.5 Å². The molecule has 2 aromatic heterocycles. The van der Waals surface area contributed by atoms with E-state index in [1.165, 1.54) is 30.5 Å². The number of aromatic nitrogens is 2. The molecule has 0 radical (unpaired) electrons. The van der Waals surface area contributed by atoms with Crippen LogP contribution in [0.25, 0.3) is 11.3 Å². The lowest BCUT2D eigenvalue weighted by atomic mass is 10.2. The molecule has 0 saturated heterocycles. The maximum atomic E-state index is 12.3. The summed E-state index contributed by atoms with van der Waals surface area (Å²) >= 11 is 13.0. The molecule has 1 unspecified atom stereocenters. The van der Waals surface area contributed by atoms with E-state index < -0.39 is 18.0 Å². The lowest BCUT2D eigenvalue weighted by molar-refractivity contribution is -0.123. The van der Waals surface area contributed by atoms with E-state index in [0.717, 1.165) is 5.56 Å². The molecule has 27 heavy (non-hydrogen) atoms. The quantitative estimate of drug-likeness (QED) is 0.476. The van der Waals surface area contributed by atoms with Crippen LogP contribution in [-0.4, -0.2) is 27.9 Å². The number of pyridine rings is 1. The van der Waals surface area contributed by atoms with Gasteiger partial charge in [-0.05, 0) is 31.2 Å². The Balaban J connectivity index is 1.62. The largest absolute Gasteiger partial charge is 0.449 e. The van der Waals surface area contributed by atoms with Gasteiger partial charge >= 0.3 is 5.97 Å². The number of thiazole rings is 1. The topological polar surface area (TPSA) is 81.2 Å². The standard InChI is InChI=1S/C18H13Cl2N3O3S/c1-10(26-17(25)13-3-2-8-21-15(13)20)16(24)23-18-22-14(9-27-18)11-4-6-12(19)7-5-11/h2-10H,1H3,(H,22,23,24). The number of anilines is 1. The number of hydrogen-bond donors (Lipinski definition) is 1. The van der Waals surface area contributed by atoms with Crippen molar-refractivity contribution in [2.45, 2.75) is 13.0 Å². The summed E-state index contributed by atoms with van der Waals surface area (Å²) in [6.45, 7) is 1.46. The van der Waals surface area contributed by atoms with Gasteiger partial charge in [0.2, 0.25) is 0 Å². The third-order valence-corrected chi connectivity index (χ3v) is 4.82. The van der Waals surface area contributed by atoms with Crippen molar-refractivity contribution in [3.05, 3.63) is 63.7 Å². The molecule has 6 nitrogen and oxygen atoms in total. The molecule has 0 bridgehead atoms. The molecular weight excluding hydrogens is 409 g/mol. The third-order valence-electron chi connectivity index (χ3n) is 3.51. The van der Waals surface area contributed by atoms with E-state index in [9.17, 15) is 9.59 Å². The SMILES string of the molecule is CC(OC(=O)c1cccnc1Cl)C(=O)Nc1nc(-c2ccc(Cl)cc2)cs1. The van der Waals surface area contributed by atoms with E-state index >= 15 is 0 Å². The fourth-order valence-corrected chi connectivity index (χ4v) is 3.15. The predicted octanol–water partition coefficient (Wildman–Crippen LogP) is 4.70. The number of carbonyl (C=O) groups excluding carboxylic acids is 2. The first kappa shape index (κ1) is 19.3. The van der Waals surface area contributed by atoms with Crippen LogP contribution in [0.5, 0.6) is 0 Å². The van der Waals surface area contributed by atoms with Crippen LogP contribution in [0.3, 0.4) is 0 Å². The van der Waals surface area contributed by atoms with Crippen LogP contribution in [0.1, 0.15) is 17.3 Å². The zero-order chi connectivity index (χ0) is 19.4. The monoisotopic (exact) mass is 421 g/mol. The van der Waals surface area contributed by atoms with Crippen molar-refractivity contribution >= 4 is 51.5 Å². The molecule has 2 heterocycles. The Hall–Kier alpha value is -2.48. The third kappa shape index (κ3) is 4.82. The van der Waals surface area contributed by atoms with Gasteiger partial charge in [0.25, 0.3) is 5.91 Å². The van der Waals surface area contributed by atoms with E-state index in [0.29, 0.717) is 15.8 Å². The summed E-state index contributed by atoms with van der Waals surface area (Å²) in [7, 11) is 0. The highest BCUT2D eigenvalue weighted by molar-refractivity contribution is 7.14. The number of halogens is 2. The number of esters is 1. The Morgan fingerprint density at radius 3 is 2.63 bits per heavy atom. The number of hydrogen-bond acceptors (Lipinski definition) is 6. The molecular formula is C18H13Cl2N3O3S. The first-order valence-corrected chi connectivity index (χ1v) is 9.41. The van der Waals surface area contributed by atoms with E-state index in [2.05, 4.69) is 15.3 Å². The van der Waals surface area contributed by atoms with Crippen LogP contribution >= 0.6 is 34.5 Å². The molecule has 138 valence electrons. The first-order chi connectivity index (χ1) is 12.9. The molecule has 0 saturated carbocycles. The Morgan fingerprint density at radius 1 is 1.19 bits per heavy atom. The number of nitrogens with zero attached hydrogens (tertiary/aromatic N) is 2. The van der Waals surface area contributed by atoms with Gasteiger partial charge in [-0.1, -0.05) is 35.3 Å². The molecule has 1 amide bonds. The number of rotatable bonds is 5. The molecule has 0 aliphatic heterocycles. The molecule has 1 atom stereocenters. The van der Waals surface area contributed by atoms with Gasteiger partial charge in [-0.15, -0.1) is 11.3 Å². The number of ether oxygens (including phenoxy) is 1. The minimum Gasteiger partial charge on any atom is -0.449 e. The Bertz CT molecular complexity index is 976. The lowest BCUT2D eigenvalue weighted by Gasteiger charge is -2.12. The molecule has 3 rings (SSSR count). The van der Waals surface area contributed by atoms with Gasteiger partial charge in [0.05, 0.1) is 11.3 Å². The van der Waals surface area contributed by atoms with E-state index in [4.69, 9.17) is 27.9 Å². The van der Waals surface area contributed by atoms with Crippen molar-refractivity contribution < 1.29 is 14.3 Å². The molecule has 0 spiro atoms. The fraction of sp³-hybridized carbons (Fsp3) is 0.111. The Kier molecular flexibility index (Phi) is 6.05. The second kappa shape index (κ2) is 8.47. The maximum Gasteiger partial charge on any atom is 0.342 e. The zero-order valence-electron chi connectivity index (χ0n) is 14.0. The predicted molar refractivity (Wildman–Crippen MR) is 105 cm³/mol. The molecule has 1 aromatic carbocycles. The van der Waals surface area contributed by atoms with Gasteiger partial charge in [0.15, 0.2) is 11.2 Å². The van der Waals surface area contributed by atoms with Crippen molar-refractivity contribution in [3.8, 4) is 11.3 Å².